The van der Waals surface area contributed by atoms with E-state index in [1.165, 1.54) is 17.4 Å². The van der Waals surface area contributed by atoms with Gasteiger partial charge in [0.05, 0.1) is 6.61 Å². The Hall–Kier alpha value is -2.34. The number of hydrogen-bond acceptors (Lipinski definition) is 2. The molecule has 0 heterocycles. The molecule has 0 aromatic heterocycles. The van der Waals surface area contributed by atoms with Crippen molar-refractivity contribution in [1.29, 1.82) is 0 Å². The molecule has 0 spiro atoms. The van der Waals surface area contributed by atoms with Crippen LogP contribution in [0.25, 0.3) is 0 Å². The maximum atomic E-state index is 12.7. The van der Waals surface area contributed by atoms with E-state index < -0.39 is 30.1 Å². The average molecular weight is 398 g/mol. The van der Waals surface area contributed by atoms with Gasteiger partial charge in [-0.25, -0.2) is 4.79 Å². The Kier molecular flexibility index (Phi) is 5.94. The highest BCUT2D eigenvalue weighted by Gasteiger charge is 2.84. The van der Waals surface area contributed by atoms with Crippen LogP contribution >= 0.6 is 0 Å². The molecule has 0 bridgehead atoms. The van der Waals surface area contributed by atoms with Crippen LogP contribution in [-0.2, 0) is 0 Å². The number of rotatable bonds is 4. The summed E-state index contributed by atoms with van der Waals surface area (Å²) in [6.45, 7) is 1.88. The molecule has 2 amide bonds. The molecule has 148 valence electrons. The zero-order chi connectivity index (χ0) is 20.4. The summed E-state index contributed by atoms with van der Waals surface area (Å²) in [7, 11) is 0. The lowest BCUT2D eigenvalue weighted by atomic mass is 9.97. The summed E-state index contributed by atoms with van der Waals surface area (Å²) in [6.07, 6.45) is -20.7. The molecular weight excluding hydrogens is 387 g/mol. The maximum absolute atomic E-state index is 12.7. The number of benzene rings is 1. The minimum atomic E-state index is -6.89. The quantitative estimate of drug-likeness (QED) is 0.727. The highest BCUT2D eigenvalue weighted by molar-refractivity contribution is 5.90. The van der Waals surface area contributed by atoms with Gasteiger partial charge >= 0.3 is 30.1 Å². The van der Waals surface area contributed by atoms with Crippen molar-refractivity contribution in [2.45, 2.75) is 31.0 Å². The van der Waals surface area contributed by atoms with E-state index in [0.29, 0.717) is 0 Å². The molecule has 0 unspecified atom stereocenters. The monoisotopic (exact) mass is 398 g/mol. The van der Waals surface area contributed by atoms with Crippen molar-refractivity contribution in [3.63, 3.8) is 0 Å². The van der Waals surface area contributed by atoms with Gasteiger partial charge in [-0.05, 0) is 31.2 Å². The largest absolute Gasteiger partial charge is 0.494 e. The Labute approximate surface area is 140 Å². The molecular formula is C13H11F9N2O2. The normalized spacial score (nSPS) is 13.3. The highest BCUT2D eigenvalue weighted by Crippen LogP contribution is 2.52. The smallest absolute Gasteiger partial charge is 0.429 e. The SMILES string of the molecule is CCOc1ccc(NC(=O)NC(C(F)(F)F)(C(F)(F)F)C(F)(F)F)cc1. The molecule has 0 atom stereocenters. The molecule has 2 N–H and O–H groups in total. The fourth-order valence-corrected chi connectivity index (χ4v) is 1.83. The Morgan fingerprint density at radius 1 is 0.885 bits per heavy atom. The first-order valence-electron chi connectivity index (χ1n) is 6.68. The van der Waals surface area contributed by atoms with Crippen molar-refractivity contribution in [3.05, 3.63) is 24.3 Å². The van der Waals surface area contributed by atoms with Gasteiger partial charge in [0.15, 0.2) is 0 Å². The number of alkyl halides is 9. The van der Waals surface area contributed by atoms with Crippen LogP contribution in [0.5, 0.6) is 5.75 Å². The average Bonchev–Trinajstić information content (AvgIpc) is 2.43. The topological polar surface area (TPSA) is 50.4 Å². The first-order chi connectivity index (χ1) is 11.7. The Morgan fingerprint density at radius 2 is 1.31 bits per heavy atom. The molecule has 0 aliphatic heterocycles. The van der Waals surface area contributed by atoms with Crippen molar-refractivity contribution in [1.82, 2.24) is 5.32 Å². The van der Waals surface area contributed by atoms with Crippen LogP contribution in [0.4, 0.5) is 50.0 Å². The Bertz CT molecular complexity index is 584. The van der Waals surface area contributed by atoms with E-state index in [9.17, 15) is 44.3 Å². The fraction of sp³-hybridized carbons (Fsp3) is 0.462. The fourth-order valence-electron chi connectivity index (χ4n) is 1.83. The van der Waals surface area contributed by atoms with Crippen molar-refractivity contribution < 1.29 is 49.0 Å². The second kappa shape index (κ2) is 7.11. The molecule has 0 radical (unpaired) electrons. The van der Waals surface area contributed by atoms with Crippen LogP contribution in [0.15, 0.2) is 24.3 Å². The number of amides is 2. The zero-order valence-corrected chi connectivity index (χ0v) is 12.7. The van der Waals surface area contributed by atoms with Gasteiger partial charge in [-0.2, -0.15) is 39.5 Å². The summed E-state index contributed by atoms with van der Waals surface area (Å²) in [4.78, 5) is 11.4. The first-order valence-corrected chi connectivity index (χ1v) is 6.68. The third-order valence-corrected chi connectivity index (χ3v) is 3.00. The van der Waals surface area contributed by atoms with E-state index >= 15 is 0 Å². The molecule has 0 saturated carbocycles. The van der Waals surface area contributed by atoms with Gasteiger partial charge in [0.25, 0.3) is 0 Å². The summed E-state index contributed by atoms with van der Waals surface area (Å²) in [5.74, 6) is 0.258. The summed E-state index contributed by atoms with van der Waals surface area (Å²) in [5.41, 5.74) is -6.78. The molecule has 13 heteroatoms. The standard InChI is InChI=1S/C13H11F9N2O2/c1-2-26-8-5-3-7(4-6-8)23-9(25)24-10(11(14,15)16,12(17,18)19)13(20,21)22/h3-6H,2H2,1H3,(H2,23,24,25). The number of hydrogen-bond donors (Lipinski definition) is 2. The summed E-state index contributed by atoms with van der Waals surface area (Å²) >= 11 is 0. The third kappa shape index (κ3) is 4.25. The molecule has 4 nitrogen and oxygen atoms in total. The number of halogens is 9. The van der Waals surface area contributed by atoms with E-state index in [2.05, 4.69) is 0 Å². The zero-order valence-electron chi connectivity index (χ0n) is 12.7. The molecule has 0 fully saturated rings. The van der Waals surface area contributed by atoms with Crippen LogP contribution < -0.4 is 15.4 Å². The van der Waals surface area contributed by atoms with Crippen LogP contribution in [0.3, 0.4) is 0 Å². The van der Waals surface area contributed by atoms with E-state index in [-0.39, 0.29) is 23.4 Å². The van der Waals surface area contributed by atoms with Gasteiger partial charge in [0.2, 0.25) is 0 Å². The van der Waals surface area contributed by atoms with Crippen LogP contribution in [0, 0.1) is 0 Å². The molecule has 0 aliphatic rings. The lowest BCUT2D eigenvalue weighted by Gasteiger charge is -2.38. The maximum Gasteiger partial charge on any atom is 0.429 e. The van der Waals surface area contributed by atoms with E-state index in [4.69, 9.17) is 4.74 Å². The van der Waals surface area contributed by atoms with Crippen molar-refractivity contribution >= 4 is 11.7 Å². The lowest BCUT2D eigenvalue weighted by molar-refractivity contribution is -0.386. The molecule has 1 rings (SSSR count). The minimum absolute atomic E-state index is 0.0177. The summed E-state index contributed by atoms with van der Waals surface area (Å²) < 4.78 is 119. The highest BCUT2D eigenvalue weighted by atomic mass is 19.4. The van der Waals surface area contributed by atoms with Gasteiger partial charge in [0.1, 0.15) is 5.75 Å². The van der Waals surface area contributed by atoms with Crippen LogP contribution in [-0.4, -0.2) is 36.7 Å². The van der Waals surface area contributed by atoms with Gasteiger partial charge in [-0.15, -0.1) is 0 Å². The number of carbonyl (C=O) groups excluding carboxylic acids is 1. The predicted molar refractivity (Wildman–Crippen MR) is 70.7 cm³/mol. The van der Waals surface area contributed by atoms with E-state index in [0.717, 1.165) is 12.1 Å². The number of ether oxygens (including phenoxy) is 1. The van der Waals surface area contributed by atoms with Gasteiger partial charge < -0.3 is 15.4 Å². The van der Waals surface area contributed by atoms with Crippen LogP contribution in [0.1, 0.15) is 6.92 Å². The molecule has 26 heavy (non-hydrogen) atoms. The molecule has 1 aromatic rings. The van der Waals surface area contributed by atoms with E-state index in [1.54, 1.807) is 6.92 Å². The number of carbonyl (C=O) groups is 1. The molecule has 1 aromatic carbocycles. The number of nitrogens with one attached hydrogen (secondary N) is 2. The summed E-state index contributed by atoms with van der Waals surface area (Å²) in [5, 5.41) is 1.46. The number of urea groups is 1. The second-order valence-electron chi connectivity index (χ2n) is 4.78. The van der Waals surface area contributed by atoms with Gasteiger partial charge in [0, 0.05) is 5.69 Å². The second-order valence-corrected chi connectivity index (χ2v) is 4.78. The lowest BCUT2D eigenvalue weighted by Crippen LogP contribution is -2.75. The minimum Gasteiger partial charge on any atom is -0.494 e. The van der Waals surface area contributed by atoms with Gasteiger partial charge in [-0.3, -0.25) is 0 Å². The van der Waals surface area contributed by atoms with Crippen molar-refractivity contribution in [3.8, 4) is 5.75 Å². The van der Waals surface area contributed by atoms with Gasteiger partial charge in [-0.1, -0.05) is 0 Å². The first kappa shape index (κ1) is 21.7. The summed E-state index contributed by atoms with van der Waals surface area (Å²) in [6, 6.07) is 2.08. The Morgan fingerprint density at radius 3 is 1.65 bits per heavy atom. The Balaban J connectivity index is 3.14. The van der Waals surface area contributed by atoms with Crippen molar-refractivity contribution in [2.24, 2.45) is 0 Å². The van der Waals surface area contributed by atoms with E-state index in [1.807, 2.05) is 0 Å². The number of anilines is 1. The molecule has 0 saturated heterocycles. The van der Waals surface area contributed by atoms with Crippen molar-refractivity contribution in [2.75, 3.05) is 11.9 Å². The predicted octanol–water partition coefficient (Wildman–Crippen LogP) is 4.63. The molecule has 0 aliphatic carbocycles. The third-order valence-electron chi connectivity index (χ3n) is 3.00. The van der Waals surface area contributed by atoms with Crippen LogP contribution in [0.2, 0.25) is 0 Å².